The summed E-state index contributed by atoms with van der Waals surface area (Å²) in [6.07, 6.45) is 42.7. The Morgan fingerprint density at radius 1 is 0.500 bits per heavy atom. The van der Waals surface area contributed by atoms with Crippen LogP contribution in [0, 0.1) is 0 Å². The lowest BCUT2D eigenvalue weighted by atomic mass is 10.0. The third-order valence-electron chi connectivity index (χ3n) is 10.0. The molecule has 0 heterocycles. The molecule has 9 heteroatoms. The van der Waals surface area contributed by atoms with E-state index in [0.717, 1.165) is 32.1 Å². The Bertz CT molecular complexity index is 772. The summed E-state index contributed by atoms with van der Waals surface area (Å²) in [7, 11) is -4.26. The van der Waals surface area contributed by atoms with E-state index >= 15 is 0 Å². The largest absolute Gasteiger partial charge is 0.472 e. The molecule has 312 valence electrons. The molecule has 0 aromatic rings. The summed E-state index contributed by atoms with van der Waals surface area (Å²) in [5, 5.41) is 0. The molecule has 0 rings (SSSR count). The van der Waals surface area contributed by atoms with E-state index in [1.54, 1.807) is 0 Å². The van der Waals surface area contributed by atoms with Crippen molar-refractivity contribution in [2.45, 2.75) is 238 Å². The van der Waals surface area contributed by atoms with Gasteiger partial charge in [0, 0.05) is 19.6 Å². The number of nitrogens with two attached hydrogens (primary N) is 1. The number of hydrogen-bond acceptors (Lipinski definition) is 7. The first kappa shape index (κ1) is 51.5. The van der Waals surface area contributed by atoms with Gasteiger partial charge in [0.2, 0.25) is 0 Å². The van der Waals surface area contributed by atoms with Crippen LogP contribution in [-0.4, -0.2) is 49.9 Å². The minimum absolute atomic E-state index is 0.0903. The smallest absolute Gasteiger partial charge is 0.457 e. The number of hydrogen-bond donors (Lipinski definition) is 2. The molecule has 8 nitrogen and oxygen atoms in total. The molecule has 0 aromatic heterocycles. The topological polar surface area (TPSA) is 117 Å². The average Bonchev–Trinajstić information content (AvgIpc) is 3.13. The van der Waals surface area contributed by atoms with Gasteiger partial charge >= 0.3 is 13.8 Å². The van der Waals surface area contributed by atoms with Crippen LogP contribution >= 0.6 is 7.82 Å². The summed E-state index contributed by atoms with van der Waals surface area (Å²) in [6, 6.07) is 0. The Morgan fingerprint density at radius 2 is 0.846 bits per heavy atom. The quantitative estimate of drug-likeness (QED) is 0.0358. The number of phosphoric acid groups is 1. The summed E-state index contributed by atoms with van der Waals surface area (Å²) < 4.78 is 33.4. The maximum absolute atomic E-state index is 12.6. The second-order valence-corrected chi connectivity index (χ2v) is 16.7. The predicted molar refractivity (Wildman–Crippen MR) is 220 cm³/mol. The molecule has 0 aliphatic carbocycles. The molecular weight excluding hydrogens is 673 g/mol. The van der Waals surface area contributed by atoms with E-state index in [2.05, 4.69) is 13.8 Å². The lowest BCUT2D eigenvalue weighted by Gasteiger charge is -2.20. The molecule has 0 aromatic carbocycles. The van der Waals surface area contributed by atoms with Gasteiger partial charge in [-0.05, 0) is 12.8 Å². The molecule has 2 atom stereocenters. The molecule has 0 amide bonds. The van der Waals surface area contributed by atoms with E-state index in [0.29, 0.717) is 13.0 Å². The van der Waals surface area contributed by atoms with Crippen LogP contribution < -0.4 is 5.73 Å². The lowest BCUT2D eigenvalue weighted by Crippen LogP contribution is -2.28. The molecule has 0 spiro atoms. The van der Waals surface area contributed by atoms with Crippen LogP contribution in [0.2, 0.25) is 0 Å². The van der Waals surface area contributed by atoms with Gasteiger partial charge in [-0.1, -0.05) is 213 Å². The third kappa shape index (κ3) is 40.7. The normalized spacial score (nSPS) is 13.4. The van der Waals surface area contributed by atoms with Crippen LogP contribution in [0.3, 0.4) is 0 Å². The molecule has 0 saturated carbocycles. The highest BCUT2D eigenvalue weighted by Gasteiger charge is 2.25. The number of rotatable bonds is 44. The fraction of sp³-hybridized carbons (Fsp3) is 0.977. The van der Waals surface area contributed by atoms with E-state index in [9.17, 15) is 14.3 Å². The van der Waals surface area contributed by atoms with Gasteiger partial charge in [-0.25, -0.2) is 4.57 Å². The highest BCUT2D eigenvalue weighted by Crippen LogP contribution is 2.43. The Kier molecular flexibility index (Phi) is 41.3. The molecule has 3 N–H and O–H groups in total. The standard InChI is InChI=1S/C43H88NO7P/c1-3-5-7-9-11-13-15-16-17-18-19-20-21-22-23-24-25-26-27-28-30-32-34-36-43(45)51-42(41-50-52(46,47)49-39-37-44)40-48-38-35-33-31-29-14-12-10-8-6-4-2/h42H,3-41,44H2,1-2H3,(H,46,47). The summed E-state index contributed by atoms with van der Waals surface area (Å²) in [5.74, 6) is -0.324. The highest BCUT2D eigenvalue weighted by atomic mass is 31.2. The number of carbonyl (C=O) groups excluding carboxylic acids is 1. The first-order valence-corrected chi connectivity index (χ1v) is 24.0. The number of phosphoric ester groups is 1. The first-order valence-electron chi connectivity index (χ1n) is 22.5. The second kappa shape index (κ2) is 41.7. The Morgan fingerprint density at radius 3 is 1.21 bits per heavy atom. The highest BCUT2D eigenvalue weighted by molar-refractivity contribution is 7.47. The number of unbranched alkanes of at least 4 members (excludes halogenated alkanes) is 31. The van der Waals surface area contributed by atoms with Gasteiger partial charge in [-0.3, -0.25) is 13.8 Å². The van der Waals surface area contributed by atoms with Gasteiger partial charge in [0.05, 0.1) is 19.8 Å². The van der Waals surface area contributed by atoms with Crippen molar-refractivity contribution in [2.24, 2.45) is 5.73 Å². The van der Waals surface area contributed by atoms with Gasteiger partial charge in [-0.2, -0.15) is 0 Å². The first-order chi connectivity index (χ1) is 25.4. The van der Waals surface area contributed by atoms with Crippen molar-refractivity contribution in [2.75, 3.05) is 33.0 Å². The van der Waals surface area contributed by atoms with Gasteiger partial charge < -0.3 is 20.1 Å². The van der Waals surface area contributed by atoms with E-state index in [4.69, 9.17) is 24.3 Å². The molecule has 0 aliphatic rings. The van der Waals surface area contributed by atoms with Crippen molar-refractivity contribution in [1.29, 1.82) is 0 Å². The van der Waals surface area contributed by atoms with Gasteiger partial charge in [0.15, 0.2) is 0 Å². The Hall–Kier alpha value is -0.500. The lowest BCUT2D eigenvalue weighted by molar-refractivity contribution is -0.154. The van der Waals surface area contributed by atoms with Gasteiger partial charge in [0.1, 0.15) is 6.10 Å². The third-order valence-corrected chi connectivity index (χ3v) is 11.0. The van der Waals surface area contributed by atoms with E-state index in [-0.39, 0.29) is 32.3 Å². The molecule has 0 bridgehead atoms. The Labute approximate surface area is 322 Å². The number of ether oxygens (including phenoxy) is 2. The van der Waals surface area contributed by atoms with E-state index in [1.807, 2.05) is 0 Å². The maximum atomic E-state index is 12.6. The molecule has 0 saturated heterocycles. The van der Waals surface area contributed by atoms with Crippen LogP contribution in [0.25, 0.3) is 0 Å². The zero-order valence-corrected chi connectivity index (χ0v) is 35.5. The van der Waals surface area contributed by atoms with Crippen LogP contribution in [-0.2, 0) is 27.9 Å². The van der Waals surface area contributed by atoms with Crippen molar-refractivity contribution in [3.8, 4) is 0 Å². The van der Waals surface area contributed by atoms with Crippen molar-refractivity contribution >= 4 is 13.8 Å². The molecule has 52 heavy (non-hydrogen) atoms. The summed E-state index contributed by atoms with van der Waals surface area (Å²) in [6.45, 7) is 4.97. The molecule has 0 aliphatic heterocycles. The fourth-order valence-electron chi connectivity index (χ4n) is 6.70. The van der Waals surface area contributed by atoms with Crippen molar-refractivity contribution in [1.82, 2.24) is 0 Å². The maximum Gasteiger partial charge on any atom is 0.472 e. The fourth-order valence-corrected chi connectivity index (χ4v) is 7.47. The SMILES string of the molecule is CCCCCCCCCCCCCCCCCCCCCCCCCC(=O)OC(COCCCCCCCCCCCC)COP(=O)(O)OCCN. The van der Waals surface area contributed by atoms with Crippen molar-refractivity contribution < 1.29 is 32.8 Å². The monoisotopic (exact) mass is 762 g/mol. The van der Waals surface area contributed by atoms with Crippen molar-refractivity contribution in [3.63, 3.8) is 0 Å². The number of carbonyl (C=O) groups is 1. The molecule has 2 unspecified atom stereocenters. The second-order valence-electron chi connectivity index (χ2n) is 15.3. The summed E-state index contributed by atoms with van der Waals surface area (Å²) in [4.78, 5) is 22.4. The van der Waals surface area contributed by atoms with Crippen LogP contribution in [0.1, 0.15) is 232 Å². The summed E-state index contributed by atoms with van der Waals surface area (Å²) >= 11 is 0. The van der Waals surface area contributed by atoms with E-state index < -0.39 is 13.9 Å². The van der Waals surface area contributed by atoms with Gasteiger partial charge in [-0.15, -0.1) is 0 Å². The Balaban J connectivity index is 3.84. The molecule has 0 fully saturated rings. The summed E-state index contributed by atoms with van der Waals surface area (Å²) in [5.41, 5.74) is 5.36. The predicted octanol–water partition coefficient (Wildman–Crippen LogP) is 13.3. The van der Waals surface area contributed by atoms with Crippen molar-refractivity contribution in [3.05, 3.63) is 0 Å². The zero-order chi connectivity index (χ0) is 38.1. The minimum atomic E-state index is -4.26. The van der Waals surface area contributed by atoms with Crippen LogP contribution in [0.15, 0.2) is 0 Å². The minimum Gasteiger partial charge on any atom is -0.457 e. The van der Waals surface area contributed by atoms with Crippen LogP contribution in [0.5, 0.6) is 0 Å². The van der Waals surface area contributed by atoms with E-state index in [1.165, 1.54) is 180 Å². The van der Waals surface area contributed by atoms with Gasteiger partial charge in [0.25, 0.3) is 0 Å². The molecular formula is C43H88NO7P. The zero-order valence-electron chi connectivity index (χ0n) is 34.6. The van der Waals surface area contributed by atoms with Crippen LogP contribution in [0.4, 0.5) is 0 Å². The number of esters is 1. The molecule has 0 radical (unpaired) electrons. The average molecular weight is 762 g/mol.